The van der Waals surface area contributed by atoms with Crippen LogP contribution < -0.4 is 4.74 Å². The third-order valence-corrected chi connectivity index (χ3v) is 4.79. The maximum absolute atomic E-state index is 12.7. The molecule has 6 heteroatoms. The number of carbonyl (C=O) groups excluding carboxylic acids is 1. The zero-order valence-electron chi connectivity index (χ0n) is 17.0. The molecule has 6 nitrogen and oxygen atoms in total. The maximum Gasteiger partial charge on any atom is 0.185 e. The predicted molar refractivity (Wildman–Crippen MR) is 119 cm³/mol. The lowest BCUT2D eigenvalue weighted by Gasteiger charge is -2.04. The molecule has 2 aromatic heterocycles. The summed E-state index contributed by atoms with van der Waals surface area (Å²) in [4.78, 5) is 16.9. The van der Waals surface area contributed by atoms with Gasteiger partial charge in [0.15, 0.2) is 17.3 Å². The summed E-state index contributed by atoms with van der Waals surface area (Å²) in [5.74, 6) is 0.0429. The number of phenolic OH excluding ortho intramolecular Hbond substituents is 1. The Morgan fingerprint density at radius 1 is 1.13 bits per heavy atom. The number of aromatic nitrogens is 3. The lowest BCUT2D eigenvalue weighted by atomic mass is 10.1. The molecule has 0 aliphatic carbocycles. The third-order valence-electron chi connectivity index (χ3n) is 4.79. The van der Waals surface area contributed by atoms with Crippen LogP contribution in [0.15, 0.2) is 85.3 Å². The minimum atomic E-state index is -0.203. The van der Waals surface area contributed by atoms with Crippen LogP contribution in [0.1, 0.15) is 21.5 Å². The second kappa shape index (κ2) is 9.09. The quantitative estimate of drug-likeness (QED) is 0.355. The molecule has 0 radical (unpaired) electrons. The van der Waals surface area contributed by atoms with Gasteiger partial charge in [-0.1, -0.05) is 30.3 Å². The minimum absolute atomic E-state index is 0.0101. The van der Waals surface area contributed by atoms with Gasteiger partial charge >= 0.3 is 0 Å². The molecule has 2 heterocycles. The molecular formula is C25H21N3O3. The van der Waals surface area contributed by atoms with Crippen molar-refractivity contribution in [2.24, 2.45) is 0 Å². The molecule has 0 saturated carbocycles. The Labute approximate surface area is 180 Å². The summed E-state index contributed by atoms with van der Waals surface area (Å²) in [7, 11) is 1.44. The number of nitrogens with zero attached hydrogens (tertiary/aromatic N) is 3. The van der Waals surface area contributed by atoms with E-state index in [1.807, 2.05) is 53.3 Å². The van der Waals surface area contributed by atoms with Crippen molar-refractivity contribution in [1.82, 2.24) is 14.8 Å². The number of rotatable bonds is 7. The van der Waals surface area contributed by atoms with Crippen LogP contribution in [-0.4, -0.2) is 32.8 Å². The van der Waals surface area contributed by atoms with Crippen LogP contribution in [-0.2, 0) is 6.54 Å². The number of aromatic hydroxyl groups is 1. The van der Waals surface area contributed by atoms with Gasteiger partial charge in [0.2, 0.25) is 0 Å². The average molecular weight is 411 g/mol. The third kappa shape index (κ3) is 4.70. The lowest BCUT2D eigenvalue weighted by molar-refractivity contribution is 0.104. The second-order valence-corrected chi connectivity index (χ2v) is 6.94. The molecule has 31 heavy (non-hydrogen) atoms. The molecule has 0 bridgehead atoms. The van der Waals surface area contributed by atoms with Crippen molar-refractivity contribution >= 4 is 11.9 Å². The largest absolute Gasteiger partial charge is 0.504 e. The molecule has 0 aliphatic heterocycles. The Bertz CT molecular complexity index is 1220. The highest BCUT2D eigenvalue weighted by Crippen LogP contribution is 2.27. The Hall–Kier alpha value is -4.19. The van der Waals surface area contributed by atoms with Crippen molar-refractivity contribution in [3.05, 3.63) is 102 Å². The number of ketones is 1. The van der Waals surface area contributed by atoms with Crippen molar-refractivity contribution in [3.63, 3.8) is 0 Å². The van der Waals surface area contributed by atoms with Gasteiger partial charge in [0, 0.05) is 35.3 Å². The monoisotopic (exact) mass is 411 g/mol. The zero-order chi connectivity index (χ0) is 21.6. The highest BCUT2D eigenvalue weighted by atomic mass is 16.5. The minimum Gasteiger partial charge on any atom is -0.504 e. The summed E-state index contributed by atoms with van der Waals surface area (Å²) < 4.78 is 6.94. The summed E-state index contributed by atoms with van der Waals surface area (Å²) in [6, 6.07) is 18.4. The van der Waals surface area contributed by atoms with E-state index in [1.165, 1.54) is 25.3 Å². The molecular weight excluding hydrogens is 390 g/mol. The number of phenols is 1. The fourth-order valence-corrected chi connectivity index (χ4v) is 3.23. The number of ether oxygens (including phenoxy) is 1. The van der Waals surface area contributed by atoms with E-state index in [1.54, 1.807) is 24.5 Å². The van der Waals surface area contributed by atoms with E-state index in [4.69, 9.17) is 9.84 Å². The van der Waals surface area contributed by atoms with Crippen molar-refractivity contribution < 1.29 is 14.6 Å². The second-order valence-electron chi connectivity index (χ2n) is 6.94. The van der Waals surface area contributed by atoms with E-state index in [0.717, 1.165) is 22.4 Å². The zero-order valence-corrected chi connectivity index (χ0v) is 17.0. The topological polar surface area (TPSA) is 77.2 Å². The van der Waals surface area contributed by atoms with Gasteiger partial charge in [-0.2, -0.15) is 5.10 Å². The van der Waals surface area contributed by atoms with Crippen LogP contribution >= 0.6 is 0 Å². The SMILES string of the molecule is COc1cc(C(=O)C=Cc2cn(Cc3ccccc3)nc2-c2cccnc2)ccc1O. The Morgan fingerprint density at radius 3 is 2.71 bits per heavy atom. The van der Waals surface area contributed by atoms with Gasteiger partial charge < -0.3 is 9.84 Å². The first-order valence-corrected chi connectivity index (χ1v) is 9.75. The van der Waals surface area contributed by atoms with Crippen LogP contribution in [0, 0.1) is 0 Å². The number of allylic oxidation sites excluding steroid dienone is 1. The number of pyridine rings is 1. The molecule has 2 aromatic carbocycles. The Balaban J connectivity index is 1.65. The molecule has 0 unspecified atom stereocenters. The molecule has 0 spiro atoms. The van der Waals surface area contributed by atoms with Gasteiger partial charge in [0.25, 0.3) is 0 Å². The van der Waals surface area contributed by atoms with Gasteiger partial charge in [-0.15, -0.1) is 0 Å². The highest BCUT2D eigenvalue weighted by molar-refractivity contribution is 6.07. The standard InChI is InChI=1S/C25H21N3O3/c1-31-24-14-19(9-12-23(24)30)22(29)11-10-21-17-28(16-18-6-3-2-4-7-18)27-25(21)20-8-5-13-26-15-20/h2-15,17,30H,16H2,1H3. The maximum atomic E-state index is 12.7. The van der Waals surface area contributed by atoms with E-state index in [-0.39, 0.29) is 17.3 Å². The van der Waals surface area contributed by atoms with E-state index >= 15 is 0 Å². The first-order chi connectivity index (χ1) is 15.1. The number of carbonyl (C=O) groups is 1. The first kappa shape index (κ1) is 20.1. The van der Waals surface area contributed by atoms with Crippen molar-refractivity contribution in [3.8, 4) is 22.8 Å². The summed E-state index contributed by atoms with van der Waals surface area (Å²) in [5.41, 5.74) is 3.98. The van der Waals surface area contributed by atoms with Crippen LogP contribution in [0.25, 0.3) is 17.3 Å². The van der Waals surface area contributed by atoms with Gasteiger partial charge in [-0.25, -0.2) is 0 Å². The molecule has 1 N–H and O–H groups in total. The van der Waals surface area contributed by atoms with E-state index in [2.05, 4.69) is 4.98 Å². The van der Waals surface area contributed by atoms with Crippen molar-refractivity contribution in [2.75, 3.05) is 7.11 Å². The number of hydrogen-bond acceptors (Lipinski definition) is 5. The normalized spacial score (nSPS) is 11.0. The Morgan fingerprint density at radius 2 is 1.97 bits per heavy atom. The Kier molecular flexibility index (Phi) is 5.89. The van der Waals surface area contributed by atoms with Gasteiger partial charge in [0.1, 0.15) is 5.69 Å². The predicted octanol–water partition coefficient (Wildman–Crippen LogP) is 4.60. The summed E-state index contributed by atoms with van der Waals surface area (Å²) >= 11 is 0. The fourth-order valence-electron chi connectivity index (χ4n) is 3.23. The summed E-state index contributed by atoms with van der Waals surface area (Å²) in [6.45, 7) is 0.616. The fraction of sp³-hybridized carbons (Fsp3) is 0.0800. The highest BCUT2D eigenvalue weighted by Gasteiger charge is 2.12. The molecule has 0 aliphatic rings. The van der Waals surface area contributed by atoms with E-state index in [9.17, 15) is 9.90 Å². The van der Waals surface area contributed by atoms with Crippen LogP contribution in [0.4, 0.5) is 0 Å². The van der Waals surface area contributed by atoms with Gasteiger partial charge in [-0.05, 0) is 48.0 Å². The molecule has 0 amide bonds. The number of hydrogen-bond donors (Lipinski definition) is 1. The summed E-state index contributed by atoms with van der Waals surface area (Å²) in [5, 5.41) is 14.5. The number of benzene rings is 2. The van der Waals surface area contributed by atoms with Crippen LogP contribution in [0.3, 0.4) is 0 Å². The van der Waals surface area contributed by atoms with Crippen molar-refractivity contribution in [1.29, 1.82) is 0 Å². The van der Waals surface area contributed by atoms with Crippen LogP contribution in [0.2, 0.25) is 0 Å². The number of methoxy groups -OCH3 is 1. The molecule has 0 saturated heterocycles. The molecule has 4 rings (SSSR count). The molecule has 154 valence electrons. The lowest BCUT2D eigenvalue weighted by Crippen LogP contribution is -2.00. The van der Waals surface area contributed by atoms with E-state index < -0.39 is 0 Å². The molecule has 0 fully saturated rings. The van der Waals surface area contributed by atoms with Gasteiger partial charge in [0.05, 0.1) is 13.7 Å². The molecule has 0 atom stereocenters. The molecule has 4 aromatic rings. The van der Waals surface area contributed by atoms with Crippen LogP contribution in [0.5, 0.6) is 11.5 Å². The van der Waals surface area contributed by atoms with Gasteiger partial charge in [-0.3, -0.25) is 14.5 Å². The average Bonchev–Trinajstić information content (AvgIpc) is 3.21. The smallest absolute Gasteiger partial charge is 0.185 e. The summed E-state index contributed by atoms with van der Waals surface area (Å²) in [6.07, 6.45) is 8.62. The first-order valence-electron chi connectivity index (χ1n) is 9.75. The van der Waals surface area contributed by atoms with Crippen molar-refractivity contribution in [2.45, 2.75) is 6.54 Å². The van der Waals surface area contributed by atoms with E-state index in [0.29, 0.717) is 12.1 Å².